The summed E-state index contributed by atoms with van der Waals surface area (Å²) >= 11 is 0. The largest absolute Gasteiger partial charge is 0.481 e. The van der Waals surface area contributed by atoms with Crippen LogP contribution in [0, 0.1) is 0 Å². The summed E-state index contributed by atoms with van der Waals surface area (Å²) in [6.45, 7) is 11.0. The molecule has 2 aromatic rings. The van der Waals surface area contributed by atoms with E-state index in [1.165, 1.54) is 96.3 Å². The highest BCUT2D eigenvalue weighted by atomic mass is 16.6. The molecule has 11 nitrogen and oxygen atoms in total. The fourth-order valence-corrected chi connectivity index (χ4v) is 9.89. The summed E-state index contributed by atoms with van der Waals surface area (Å²) in [6.07, 6.45) is 36.3. The Morgan fingerprint density at radius 3 is 1.13 bits per heavy atom. The first kappa shape index (κ1) is 65.9. The van der Waals surface area contributed by atoms with E-state index in [1.54, 1.807) is 30.3 Å². The fourth-order valence-electron chi connectivity index (χ4n) is 9.89. The third-order valence-electron chi connectivity index (χ3n) is 14.5. The molecule has 0 fully saturated rings. The highest BCUT2D eigenvalue weighted by Crippen LogP contribution is 2.45. The lowest BCUT2D eigenvalue weighted by atomic mass is 9.93. The minimum absolute atomic E-state index is 0.0777. The lowest BCUT2D eigenvalue weighted by molar-refractivity contribution is -0.155. The number of ether oxygens (including phenoxy) is 6. The molecule has 0 aromatic heterocycles. The van der Waals surface area contributed by atoms with Crippen molar-refractivity contribution >= 4 is 29.8 Å². The first-order chi connectivity index (χ1) is 37.1. The molecule has 0 radical (unpaired) electrons. The van der Waals surface area contributed by atoms with E-state index in [-0.39, 0.29) is 67.5 Å². The van der Waals surface area contributed by atoms with E-state index in [4.69, 9.17) is 28.4 Å². The summed E-state index contributed by atoms with van der Waals surface area (Å²) in [4.78, 5) is 67.6. The van der Waals surface area contributed by atoms with E-state index in [9.17, 15) is 24.0 Å². The van der Waals surface area contributed by atoms with Gasteiger partial charge in [-0.2, -0.15) is 0 Å². The molecular weight excluding hydrogens is 957 g/mol. The molecule has 2 atom stereocenters. The van der Waals surface area contributed by atoms with Gasteiger partial charge in [0.05, 0.1) is 0 Å². The van der Waals surface area contributed by atoms with Crippen molar-refractivity contribution in [2.45, 2.75) is 310 Å². The molecule has 76 heavy (non-hydrogen) atoms. The van der Waals surface area contributed by atoms with E-state index in [2.05, 4.69) is 34.6 Å². The van der Waals surface area contributed by atoms with Gasteiger partial charge in [0, 0.05) is 61.8 Å². The molecule has 0 saturated heterocycles. The summed E-state index contributed by atoms with van der Waals surface area (Å²) in [7, 11) is 0. The van der Waals surface area contributed by atoms with Crippen molar-refractivity contribution < 1.29 is 52.4 Å². The van der Waals surface area contributed by atoms with Crippen LogP contribution in [0.1, 0.15) is 309 Å². The lowest BCUT2D eigenvalue weighted by Crippen LogP contribution is -2.35. The van der Waals surface area contributed by atoms with Crippen LogP contribution >= 0.6 is 0 Å². The quantitative estimate of drug-likeness (QED) is 0.0355. The van der Waals surface area contributed by atoms with Gasteiger partial charge in [-0.3, -0.25) is 24.0 Å². The van der Waals surface area contributed by atoms with Gasteiger partial charge in [0.2, 0.25) is 0 Å². The zero-order valence-corrected chi connectivity index (χ0v) is 48.5. The van der Waals surface area contributed by atoms with E-state index in [0.717, 1.165) is 96.3 Å². The van der Waals surface area contributed by atoms with Gasteiger partial charge in [0.25, 0.3) is 0 Å². The standard InChI is InChI=1S/C65H104O11/c1-6-11-16-21-26-31-36-41-60(66)71-53-49-56(73-62(68)43-38-33-28-23-18-13-8-3)54-51-59(75-64(70)45-40-35-30-25-20-15-10-5)65(76-57(54)50-53)52-46-47-55(72-61(67)42-37-32-27-22-17-12-7-2)58(48-52)74-63(69)44-39-34-29-24-19-14-9-4/h46-50,59,65H,6-45,51H2,1-5H3. The number of carbonyl (C=O) groups excluding carboxylic acids is 5. The van der Waals surface area contributed by atoms with Crippen LogP contribution in [0.3, 0.4) is 0 Å². The van der Waals surface area contributed by atoms with Crippen molar-refractivity contribution in [3.05, 3.63) is 41.5 Å². The maximum Gasteiger partial charge on any atom is 0.311 e. The number of esters is 5. The number of hydrogen-bond acceptors (Lipinski definition) is 11. The topological polar surface area (TPSA) is 141 Å². The van der Waals surface area contributed by atoms with Crippen LogP contribution < -0.4 is 23.7 Å². The van der Waals surface area contributed by atoms with Gasteiger partial charge in [-0.25, -0.2) is 0 Å². The van der Waals surface area contributed by atoms with Crippen LogP contribution in [0.2, 0.25) is 0 Å². The fraction of sp³-hybridized carbons (Fsp3) is 0.738. The summed E-state index contributed by atoms with van der Waals surface area (Å²) < 4.78 is 37.2. The second-order valence-corrected chi connectivity index (χ2v) is 21.6. The van der Waals surface area contributed by atoms with Gasteiger partial charge >= 0.3 is 29.8 Å². The van der Waals surface area contributed by atoms with Gasteiger partial charge in [-0.15, -0.1) is 0 Å². The Morgan fingerprint density at radius 2 is 0.724 bits per heavy atom. The van der Waals surface area contributed by atoms with Crippen molar-refractivity contribution in [3.8, 4) is 28.7 Å². The third kappa shape index (κ3) is 29.4. The average molecular weight is 1060 g/mol. The van der Waals surface area contributed by atoms with Crippen molar-refractivity contribution in [2.24, 2.45) is 0 Å². The molecule has 1 aliphatic heterocycles. The minimum atomic E-state index is -0.932. The molecule has 430 valence electrons. The predicted molar refractivity (Wildman–Crippen MR) is 305 cm³/mol. The zero-order chi connectivity index (χ0) is 54.9. The monoisotopic (exact) mass is 1060 g/mol. The second-order valence-electron chi connectivity index (χ2n) is 21.6. The molecule has 0 amide bonds. The van der Waals surface area contributed by atoms with Crippen LogP contribution in [-0.4, -0.2) is 36.0 Å². The smallest absolute Gasteiger partial charge is 0.311 e. The molecule has 0 bridgehead atoms. The van der Waals surface area contributed by atoms with Crippen LogP contribution in [0.5, 0.6) is 28.7 Å². The van der Waals surface area contributed by atoms with E-state index in [1.807, 2.05) is 0 Å². The Morgan fingerprint density at radius 1 is 0.382 bits per heavy atom. The highest BCUT2D eigenvalue weighted by Gasteiger charge is 2.38. The van der Waals surface area contributed by atoms with Crippen LogP contribution in [-0.2, 0) is 35.1 Å². The van der Waals surface area contributed by atoms with E-state index in [0.29, 0.717) is 49.0 Å². The van der Waals surface area contributed by atoms with Gasteiger partial charge < -0.3 is 28.4 Å². The molecule has 0 spiro atoms. The van der Waals surface area contributed by atoms with E-state index < -0.39 is 36.1 Å². The predicted octanol–water partition coefficient (Wildman–Crippen LogP) is 18.6. The third-order valence-corrected chi connectivity index (χ3v) is 14.5. The van der Waals surface area contributed by atoms with Crippen LogP contribution in [0.25, 0.3) is 0 Å². The molecule has 3 rings (SSSR count). The number of unbranched alkanes of at least 4 members (excludes halogenated alkanes) is 30. The number of hydrogen-bond donors (Lipinski definition) is 0. The van der Waals surface area contributed by atoms with Crippen molar-refractivity contribution in [3.63, 3.8) is 0 Å². The Bertz CT molecular complexity index is 1910. The van der Waals surface area contributed by atoms with Crippen molar-refractivity contribution in [2.75, 3.05) is 0 Å². The van der Waals surface area contributed by atoms with Crippen LogP contribution in [0.15, 0.2) is 30.3 Å². The Kier molecular flexibility index (Phi) is 36.9. The lowest BCUT2D eigenvalue weighted by Gasteiger charge is -2.34. The molecule has 0 N–H and O–H groups in total. The molecular formula is C65H104O11. The molecule has 2 unspecified atom stereocenters. The molecule has 0 saturated carbocycles. The summed E-state index contributed by atoms with van der Waals surface area (Å²) in [5, 5.41) is 0. The van der Waals surface area contributed by atoms with Gasteiger partial charge in [0.1, 0.15) is 23.4 Å². The molecule has 11 heteroatoms. The minimum Gasteiger partial charge on any atom is -0.481 e. The first-order valence-corrected chi connectivity index (χ1v) is 31.1. The number of fused-ring (bicyclic) bond motifs is 1. The molecule has 1 heterocycles. The maximum absolute atomic E-state index is 13.8. The van der Waals surface area contributed by atoms with Crippen LogP contribution in [0.4, 0.5) is 0 Å². The normalized spacial score (nSPS) is 13.9. The van der Waals surface area contributed by atoms with E-state index >= 15 is 0 Å². The van der Waals surface area contributed by atoms with Gasteiger partial charge in [0.15, 0.2) is 17.6 Å². The first-order valence-electron chi connectivity index (χ1n) is 31.1. The number of rotatable bonds is 46. The molecule has 2 aromatic carbocycles. The second kappa shape index (κ2) is 42.6. The van der Waals surface area contributed by atoms with Gasteiger partial charge in [-0.05, 0) is 44.2 Å². The Hall–Kier alpha value is -4.41. The Balaban J connectivity index is 1.99. The summed E-state index contributed by atoms with van der Waals surface area (Å²) in [6, 6.07) is 8.21. The number of carbonyl (C=O) groups is 5. The maximum atomic E-state index is 13.8. The van der Waals surface area contributed by atoms with Gasteiger partial charge in [-0.1, -0.05) is 233 Å². The zero-order valence-electron chi connectivity index (χ0n) is 48.5. The number of benzene rings is 2. The summed E-state index contributed by atoms with van der Waals surface area (Å²) in [5.41, 5.74) is 1.03. The Labute approximate surface area is 460 Å². The highest BCUT2D eigenvalue weighted by molar-refractivity contribution is 5.77. The van der Waals surface area contributed by atoms with Crippen molar-refractivity contribution in [1.82, 2.24) is 0 Å². The summed E-state index contributed by atoms with van der Waals surface area (Å²) in [5.74, 6) is -1.13. The molecule has 0 aliphatic carbocycles. The average Bonchev–Trinajstić information content (AvgIpc) is 3.41. The molecule has 1 aliphatic rings. The SMILES string of the molecule is CCCCCCCCCC(=O)Oc1cc(OC(=O)CCCCCCCCC)c2c(c1)OC(c1ccc(OC(=O)CCCCCCCCC)c(OC(=O)CCCCCCCCC)c1)C(OC(=O)CCCCCCCCC)C2. The van der Waals surface area contributed by atoms with Crippen molar-refractivity contribution in [1.29, 1.82) is 0 Å².